The van der Waals surface area contributed by atoms with E-state index in [4.69, 9.17) is 31.5 Å². The lowest BCUT2D eigenvalue weighted by molar-refractivity contribution is -0.385. The zero-order valence-electron chi connectivity index (χ0n) is 20.9. The first kappa shape index (κ1) is 32.3. The number of carboxylic acids is 1. The number of thiophene rings is 1. The average Bonchev–Trinajstić information content (AvgIpc) is 3.51. The highest BCUT2D eigenvalue weighted by Crippen LogP contribution is 2.38. The molecule has 3 aromatic rings. The molecule has 4 rings (SSSR count). The van der Waals surface area contributed by atoms with Crippen molar-refractivity contribution in [1.82, 2.24) is 9.62 Å². The van der Waals surface area contributed by atoms with Gasteiger partial charge < -0.3 is 14.7 Å². The summed E-state index contributed by atoms with van der Waals surface area (Å²) in [7, 11) is -4.02. The van der Waals surface area contributed by atoms with Crippen LogP contribution >= 0.6 is 22.9 Å². The molecule has 18 heteroatoms. The summed E-state index contributed by atoms with van der Waals surface area (Å²) in [5.74, 6) is -3.11. The fourth-order valence-electron chi connectivity index (χ4n) is 3.55. The van der Waals surface area contributed by atoms with Gasteiger partial charge in [0.05, 0.1) is 14.8 Å². The number of aliphatic carboxylic acids is 1. The van der Waals surface area contributed by atoms with Crippen LogP contribution in [-0.4, -0.2) is 54.0 Å². The van der Waals surface area contributed by atoms with E-state index < -0.39 is 33.1 Å². The highest BCUT2D eigenvalue weighted by Gasteiger charge is 2.38. The number of alkyl halides is 3. The van der Waals surface area contributed by atoms with E-state index in [1.54, 1.807) is 16.3 Å². The molecule has 0 spiro atoms. The van der Waals surface area contributed by atoms with Crippen molar-refractivity contribution in [3.63, 3.8) is 0 Å². The molecule has 1 atom stereocenters. The summed E-state index contributed by atoms with van der Waals surface area (Å²) >= 11 is 7.31. The third kappa shape index (κ3) is 8.16. The Hall–Kier alpha value is -4.24. The van der Waals surface area contributed by atoms with Crippen LogP contribution in [0.2, 0.25) is 5.02 Å². The number of benzene rings is 2. The molecule has 1 aliphatic heterocycles. The molecule has 1 fully saturated rings. The quantitative estimate of drug-likeness (QED) is 0.259. The molecule has 12 nitrogen and oxygen atoms in total. The second kappa shape index (κ2) is 13.2. The summed E-state index contributed by atoms with van der Waals surface area (Å²) in [6.07, 6.45) is -4.77. The number of halogens is 4. The van der Waals surface area contributed by atoms with Gasteiger partial charge in [0.1, 0.15) is 22.7 Å². The lowest BCUT2D eigenvalue weighted by Gasteiger charge is -2.16. The standard InChI is InChI=1S/C22H17ClN4O6S2.C2HF3O2/c23-18-2-1-3-20(27(29)30)21(18)33-15-4-6-17(7-5-15)35(31,32)25-19-8-9-26(22(19)28)12-14-10-16(11-24)34-13-14;3-2(4,5)1(6)7/h1-7,10,13,19,25H,8-9,12H2;(H,6,7)/t19-;/m0./s1. The Labute approximate surface area is 244 Å². The zero-order chi connectivity index (χ0) is 31.2. The molecular weight excluding hydrogens is 629 g/mol. The number of nitriles is 1. The van der Waals surface area contributed by atoms with Crippen LogP contribution in [0.15, 0.2) is 58.8 Å². The lowest BCUT2D eigenvalue weighted by Crippen LogP contribution is -2.41. The molecule has 1 aliphatic rings. The number of nitro groups is 1. The highest BCUT2D eigenvalue weighted by molar-refractivity contribution is 7.89. The Balaban J connectivity index is 0.000000616. The number of nitro benzene ring substituents is 1. The van der Waals surface area contributed by atoms with Crippen molar-refractivity contribution in [2.75, 3.05) is 6.54 Å². The van der Waals surface area contributed by atoms with Crippen LogP contribution in [0.4, 0.5) is 18.9 Å². The maximum atomic E-state index is 12.8. The van der Waals surface area contributed by atoms with Crippen LogP contribution in [0.3, 0.4) is 0 Å². The summed E-state index contributed by atoms with van der Waals surface area (Å²) in [4.78, 5) is 34.2. The van der Waals surface area contributed by atoms with Crippen LogP contribution < -0.4 is 9.46 Å². The van der Waals surface area contributed by atoms with Gasteiger partial charge in [-0.05, 0) is 53.8 Å². The van der Waals surface area contributed by atoms with E-state index in [1.807, 2.05) is 6.07 Å². The fraction of sp³-hybridized carbons (Fsp3) is 0.208. The summed E-state index contributed by atoms with van der Waals surface area (Å²) in [5.41, 5.74) is 0.490. The number of para-hydroxylation sites is 1. The molecule has 2 aromatic carbocycles. The number of hydrogen-bond donors (Lipinski definition) is 2. The van der Waals surface area contributed by atoms with Gasteiger partial charge in [-0.15, -0.1) is 11.3 Å². The lowest BCUT2D eigenvalue weighted by atomic mass is 10.3. The maximum Gasteiger partial charge on any atom is 0.490 e. The van der Waals surface area contributed by atoms with Gasteiger partial charge in [-0.3, -0.25) is 14.9 Å². The van der Waals surface area contributed by atoms with E-state index in [-0.39, 0.29) is 33.0 Å². The number of carbonyl (C=O) groups is 2. The van der Waals surface area contributed by atoms with Gasteiger partial charge in [-0.25, -0.2) is 13.2 Å². The highest BCUT2D eigenvalue weighted by atomic mass is 35.5. The number of sulfonamides is 1. The molecular formula is C24H18ClF3N4O8S2. The van der Waals surface area contributed by atoms with E-state index in [9.17, 15) is 36.5 Å². The normalized spacial score (nSPS) is 15.0. The van der Waals surface area contributed by atoms with Gasteiger partial charge in [0.25, 0.3) is 0 Å². The Bertz CT molecular complexity index is 1640. The minimum Gasteiger partial charge on any atom is -0.475 e. The molecule has 222 valence electrons. The predicted octanol–water partition coefficient (Wildman–Crippen LogP) is 4.69. The summed E-state index contributed by atoms with van der Waals surface area (Å²) in [6.45, 7) is 0.683. The van der Waals surface area contributed by atoms with Gasteiger partial charge in [0.2, 0.25) is 21.7 Å². The molecule has 42 heavy (non-hydrogen) atoms. The molecule has 2 N–H and O–H groups in total. The number of carboxylic acid groups (broad SMARTS) is 1. The average molecular weight is 647 g/mol. The van der Waals surface area contributed by atoms with E-state index in [0.29, 0.717) is 24.4 Å². The van der Waals surface area contributed by atoms with Crippen LogP contribution in [0, 0.1) is 21.4 Å². The van der Waals surface area contributed by atoms with E-state index in [2.05, 4.69) is 4.72 Å². The number of likely N-dealkylation sites (tertiary alicyclic amines) is 1. The van der Waals surface area contributed by atoms with E-state index >= 15 is 0 Å². The molecule has 1 amide bonds. The largest absolute Gasteiger partial charge is 0.490 e. The molecule has 0 saturated carbocycles. The Kier molecular flexibility index (Phi) is 10.1. The van der Waals surface area contributed by atoms with Crippen molar-refractivity contribution in [3.05, 3.63) is 79.5 Å². The number of ether oxygens (including phenoxy) is 1. The van der Waals surface area contributed by atoms with Crippen molar-refractivity contribution in [2.24, 2.45) is 0 Å². The van der Waals surface area contributed by atoms with Crippen LogP contribution in [0.5, 0.6) is 11.5 Å². The monoisotopic (exact) mass is 646 g/mol. The molecule has 1 aromatic heterocycles. The van der Waals surface area contributed by atoms with Crippen LogP contribution in [0.1, 0.15) is 16.9 Å². The molecule has 0 aliphatic carbocycles. The third-order valence-electron chi connectivity index (χ3n) is 5.47. The fourth-order valence-corrected chi connectivity index (χ4v) is 5.67. The minimum atomic E-state index is -5.08. The first-order valence-corrected chi connectivity index (χ1v) is 14.2. The smallest absolute Gasteiger partial charge is 0.475 e. The molecule has 0 unspecified atom stereocenters. The number of hydrogen-bond acceptors (Lipinski definition) is 9. The number of nitrogens with one attached hydrogen (secondary N) is 1. The number of rotatable bonds is 8. The molecule has 0 radical (unpaired) electrons. The van der Waals surface area contributed by atoms with Gasteiger partial charge in [0, 0.05) is 19.2 Å². The molecule has 0 bridgehead atoms. The topological polar surface area (TPSA) is 180 Å². The number of nitrogens with zero attached hydrogens (tertiary/aromatic N) is 3. The summed E-state index contributed by atoms with van der Waals surface area (Å²) in [6, 6.07) is 12.2. The summed E-state index contributed by atoms with van der Waals surface area (Å²) < 4.78 is 65.4. The van der Waals surface area contributed by atoms with Gasteiger partial charge >= 0.3 is 17.8 Å². The van der Waals surface area contributed by atoms with Crippen LogP contribution in [-0.2, 0) is 26.2 Å². The number of amides is 1. The predicted molar refractivity (Wildman–Crippen MR) is 141 cm³/mol. The summed E-state index contributed by atoms with van der Waals surface area (Å²) in [5, 5.41) is 29.1. The third-order valence-corrected chi connectivity index (χ3v) is 8.14. The van der Waals surface area contributed by atoms with Crippen molar-refractivity contribution in [2.45, 2.75) is 30.1 Å². The Morgan fingerprint density at radius 1 is 1.29 bits per heavy atom. The van der Waals surface area contributed by atoms with Gasteiger partial charge in [-0.2, -0.15) is 23.2 Å². The van der Waals surface area contributed by atoms with Crippen LogP contribution in [0.25, 0.3) is 0 Å². The van der Waals surface area contributed by atoms with Crippen molar-refractivity contribution >= 4 is 50.5 Å². The second-order valence-corrected chi connectivity index (χ2v) is 11.4. The SMILES string of the molecule is N#Cc1cc(CN2CC[C@H](NS(=O)(=O)c3ccc(Oc4c(Cl)cccc4[N+](=O)[O-])cc3)C2=O)cs1.O=C(O)C(F)(F)F. The van der Waals surface area contributed by atoms with E-state index in [1.165, 1.54) is 53.8 Å². The van der Waals surface area contributed by atoms with Gasteiger partial charge in [-0.1, -0.05) is 17.7 Å². The molecule has 2 heterocycles. The number of carbonyl (C=O) groups excluding carboxylic acids is 1. The van der Waals surface area contributed by atoms with Crippen molar-refractivity contribution in [1.29, 1.82) is 5.26 Å². The minimum absolute atomic E-state index is 0.0353. The Morgan fingerprint density at radius 3 is 2.48 bits per heavy atom. The zero-order valence-corrected chi connectivity index (χ0v) is 23.3. The second-order valence-electron chi connectivity index (χ2n) is 8.37. The first-order chi connectivity index (χ1) is 19.6. The van der Waals surface area contributed by atoms with E-state index in [0.717, 1.165) is 5.56 Å². The first-order valence-electron chi connectivity index (χ1n) is 11.4. The molecule has 1 saturated heterocycles. The Morgan fingerprint density at radius 2 is 1.93 bits per heavy atom. The van der Waals surface area contributed by atoms with Crippen molar-refractivity contribution in [3.8, 4) is 17.6 Å². The maximum absolute atomic E-state index is 12.8. The van der Waals surface area contributed by atoms with Crippen molar-refractivity contribution < 1.29 is 45.9 Å². The van der Waals surface area contributed by atoms with Gasteiger partial charge in [0.15, 0.2) is 0 Å².